The van der Waals surface area contributed by atoms with Gasteiger partial charge in [0.2, 0.25) is 5.91 Å². The van der Waals surface area contributed by atoms with Gasteiger partial charge in [0.05, 0.1) is 12.7 Å². The standard InChI is InChI=1S/C10H20N2O3/c13-8-9(14)7-11-10(15)3-6-12-4-1-2-5-12/h9,13-14H,1-8H2,(H,11,15). The Kier molecular flexibility index (Phi) is 5.60. The van der Waals surface area contributed by atoms with Crippen LogP contribution in [0.4, 0.5) is 0 Å². The van der Waals surface area contributed by atoms with Crippen molar-refractivity contribution in [1.82, 2.24) is 10.2 Å². The summed E-state index contributed by atoms with van der Waals surface area (Å²) in [6.07, 6.45) is 2.08. The number of amides is 1. The lowest BCUT2D eigenvalue weighted by Gasteiger charge is -2.14. The number of hydrogen-bond acceptors (Lipinski definition) is 4. The van der Waals surface area contributed by atoms with E-state index in [1.54, 1.807) is 0 Å². The number of likely N-dealkylation sites (tertiary alicyclic amines) is 1. The summed E-state index contributed by atoms with van der Waals surface area (Å²) in [4.78, 5) is 13.6. The number of nitrogens with zero attached hydrogens (tertiary/aromatic N) is 1. The van der Waals surface area contributed by atoms with Gasteiger partial charge in [-0.25, -0.2) is 0 Å². The number of aliphatic hydroxyl groups is 2. The number of carbonyl (C=O) groups is 1. The van der Waals surface area contributed by atoms with Gasteiger partial charge in [-0.15, -0.1) is 0 Å². The third kappa shape index (κ3) is 5.11. The fourth-order valence-corrected chi connectivity index (χ4v) is 1.65. The maximum Gasteiger partial charge on any atom is 0.221 e. The Labute approximate surface area is 90.1 Å². The van der Waals surface area contributed by atoms with E-state index in [4.69, 9.17) is 10.2 Å². The first-order valence-electron chi connectivity index (χ1n) is 5.50. The summed E-state index contributed by atoms with van der Waals surface area (Å²) >= 11 is 0. The molecule has 0 aromatic carbocycles. The summed E-state index contributed by atoms with van der Waals surface area (Å²) in [7, 11) is 0. The molecule has 0 bridgehead atoms. The Bertz CT molecular complexity index is 193. The Balaban J connectivity index is 2.02. The van der Waals surface area contributed by atoms with Crippen LogP contribution in [-0.2, 0) is 4.79 Å². The van der Waals surface area contributed by atoms with Crippen molar-refractivity contribution < 1.29 is 15.0 Å². The number of carbonyl (C=O) groups excluding carboxylic acids is 1. The number of aliphatic hydroxyl groups excluding tert-OH is 2. The first-order chi connectivity index (χ1) is 7.22. The van der Waals surface area contributed by atoms with Gasteiger partial charge in [0, 0.05) is 19.5 Å². The van der Waals surface area contributed by atoms with E-state index in [0.717, 1.165) is 19.6 Å². The largest absolute Gasteiger partial charge is 0.394 e. The molecule has 88 valence electrons. The highest BCUT2D eigenvalue weighted by molar-refractivity contribution is 5.76. The van der Waals surface area contributed by atoms with Crippen molar-refractivity contribution in [3.05, 3.63) is 0 Å². The molecule has 1 aliphatic heterocycles. The molecule has 3 N–H and O–H groups in total. The highest BCUT2D eigenvalue weighted by Crippen LogP contribution is 2.06. The second-order valence-corrected chi connectivity index (χ2v) is 3.94. The van der Waals surface area contributed by atoms with Gasteiger partial charge in [-0.2, -0.15) is 0 Å². The highest BCUT2D eigenvalue weighted by atomic mass is 16.3. The Morgan fingerprint density at radius 3 is 2.67 bits per heavy atom. The molecule has 5 heteroatoms. The quantitative estimate of drug-likeness (QED) is 0.529. The number of hydrogen-bond donors (Lipinski definition) is 3. The van der Waals surface area contributed by atoms with Crippen molar-refractivity contribution in [2.75, 3.05) is 32.8 Å². The van der Waals surface area contributed by atoms with E-state index < -0.39 is 6.10 Å². The molecule has 5 nitrogen and oxygen atoms in total. The predicted octanol–water partition coefficient (Wildman–Crippen LogP) is -1.06. The van der Waals surface area contributed by atoms with Crippen LogP contribution in [0.5, 0.6) is 0 Å². The van der Waals surface area contributed by atoms with Crippen LogP contribution in [0.3, 0.4) is 0 Å². The third-order valence-electron chi connectivity index (χ3n) is 2.60. The fourth-order valence-electron chi connectivity index (χ4n) is 1.65. The van der Waals surface area contributed by atoms with Crippen LogP contribution >= 0.6 is 0 Å². The van der Waals surface area contributed by atoms with Crippen LogP contribution in [0, 0.1) is 0 Å². The first kappa shape index (κ1) is 12.4. The summed E-state index contributed by atoms with van der Waals surface area (Å²) in [5, 5.41) is 20.1. The molecule has 1 unspecified atom stereocenters. The van der Waals surface area contributed by atoms with Gasteiger partial charge in [0.25, 0.3) is 0 Å². The van der Waals surface area contributed by atoms with E-state index in [9.17, 15) is 4.79 Å². The van der Waals surface area contributed by atoms with E-state index in [1.807, 2.05) is 0 Å². The van der Waals surface area contributed by atoms with Crippen molar-refractivity contribution in [3.8, 4) is 0 Å². The average molecular weight is 216 g/mol. The molecule has 1 heterocycles. The summed E-state index contributed by atoms with van der Waals surface area (Å²) < 4.78 is 0. The maximum absolute atomic E-state index is 11.3. The second-order valence-electron chi connectivity index (χ2n) is 3.94. The molecule has 1 saturated heterocycles. The van der Waals surface area contributed by atoms with Crippen LogP contribution in [-0.4, -0.2) is 59.9 Å². The van der Waals surface area contributed by atoms with Crippen LogP contribution in [0.1, 0.15) is 19.3 Å². The SMILES string of the molecule is O=C(CCN1CCCC1)NCC(O)CO. The molecule has 0 radical (unpaired) electrons. The van der Waals surface area contributed by atoms with Gasteiger partial charge in [-0.1, -0.05) is 0 Å². The second kappa shape index (κ2) is 6.76. The first-order valence-corrected chi connectivity index (χ1v) is 5.50. The summed E-state index contributed by atoms with van der Waals surface area (Å²) in [5.41, 5.74) is 0. The van der Waals surface area contributed by atoms with Gasteiger partial charge >= 0.3 is 0 Å². The molecule has 0 saturated carbocycles. The van der Waals surface area contributed by atoms with Crippen molar-refractivity contribution in [2.24, 2.45) is 0 Å². The van der Waals surface area contributed by atoms with Crippen LogP contribution in [0.2, 0.25) is 0 Å². The zero-order chi connectivity index (χ0) is 11.1. The van der Waals surface area contributed by atoms with Gasteiger partial charge in [-0.05, 0) is 25.9 Å². The molecule has 1 rings (SSSR count). The van der Waals surface area contributed by atoms with Crippen molar-refractivity contribution >= 4 is 5.91 Å². The van der Waals surface area contributed by atoms with Crippen molar-refractivity contribution in [2.45, 2.75) is 25.4 Å². The summed E-state index contributed by atoms with van der Waals surface area (Å²) in [6.45, 7) is 2.79. The minimum Gasteiger partial charge on any atom is -0.394 e. The normalized spacial score (nSPS) is 19.1. The topological polar surface area (TPSA) is 72.8 Å². The Hall–Kier alpha value is -0.650. The molecule has 1 amide bonds. The van der Waals surface area contributed by atoms with E-state index in [1.165, 1.54) is 12.8 Å². The fraction of sp³-hybridized carbons (Fsp3) is 0.900. The average Bonchev–Trinajstić information content (AvgIpc) is 2.75. The van der Waals surface area contributed by atoms with Crippen molar-refractivity contribution in [3.63, 3.8) is 0 Å². The van der Waals surface area contributed by atoms with Crippen LogP contribution in [0.25, 0.3) is 0 Å². The smallest absolute Gasteiger partial charge is 0.221 e. The van der Waals surface area contributed by atoms with E-state index >= 15 is 0 Å². The minimum absolute atomic E-state index is 0.0607. The number of rotatable bonds is 6. The monoisotopic (exact) mass is 216 g/mol. The summed E-state index contributed by atoms with van der Waals surface area (Å²) in [6, 6.07) is 0. The Morgan fingerprint density at radius 2 is 2.07 bits per heavy atom. The minimum atomic E-state index is -0.847. The van der Waals surface area contributed by atoms with E-state index in [2.05, 4.69) is 10.2 Å². The summed E-state index contributed by atoms with van der Waals surface area (Å²) in [5.74, 6) is -0.0607. The maximum atomic E-state index is 11.3. The zero-order valence-electron chi connectivity index (χ0n) is 8.98. The van der Waals surface area contributed by atoms with Crippen LogP contribution < -0.4 is 5.32 Å². The van der Waals surface area contributed by atoms with Gasteiger partial charge in [0.15, 0.2) is 0 Å². The molecule has 1 atom stereocenters. The van der Waals surface area contributed by atoms with E-state index in [0.29, 0.717) is 6.42 Å². The predicted molar refractivity (Wildman–Crippen MR) is 56.4 cm³/mol. The lowest BCUT2D eigenvalue weighted by molar-refractivity contribution is -0.121. The van der Waals surface area contributed by atoms with E-state index in [-0.39, 0.29) is 19.1 Å². The zero-order valence-corrected chi connectivity index (χ0v) is 8.98. The molecule has 0 spiro atoms. The number of nitrogens with one attached hydrogen (secondary N) is 1. The molecule has 0 aliphatic carbocycles. The van der Waals surface area contributed by atoms with Crippen LogP contribution in [0.15, 0.2) is 0 Å². The molecule has 1 fully saturated rings. The highest BCUT2D eigenvalue weighted by Gasteiger charge is 2.13. The molecule has 0 aromatic heterocycles. The van der Waals surface area contributed by atoms with Gasteiger partial charge in [0.1, 0.15) is 0 Å². The third-order valence-corrected chi connectivity index (χ3v) is 2.60. The lowest BCUT2D eigenvalue weighted by Crippen LogP contribution is -2.35. The molecule has 15 heavy (non-hydrogen) atoms. The molecule has 0 aromatic rings. The van der Waals surface area contributed by atoms with Gasteiger partial charge < -0.3 is 20.4 Å². The molecular formula is C10H20N2O3. The van der Waals surface area contributed by atoms with Gasteiger partial charge in [-0.3, -0.25) is 4.79 Å². The molecule has 1 aliphatic rings. The Morgan fingerprint density at radius 1 is 1.40 bits per heavy atom. The lowest BCUT2D eigenvalue weighted by atomic mass is 10.3. The van der Waals surface area contributed by atoms with Crippen molar-refractivity contribution in [1.29, 1.82) is 0 Å². The molecular weight excluding hydrogens is 196 g/mol.